The molecule has 152 valence electrons. The first-order chi connectivity index (χ1) is 14.5. The van der Waals surface area contributed by atoms with Gasteiger partial charge in [0.15, 0.2) is 6.61 Å². The minimum Gasteiger partial charge on any atom is -0.452 e. The van der Waals surface area contributed by atoms with E-state index in [4.69, 9.17) is 4.74 Å². The molecule has 7 heteroatoms. The van der Waals surface area contributed by atoms with Crippen LogP contribution in [0.4, 0.5) is 14.5 Å². The van der Waals surface area contributed by atoms with E-state index in [1.54, 1.807) is 6.07 Å². The minimum atomic E-state index is -0.981. The zero-order valence-electron chi connectivity index (χ0n) is 16.1. The fraction of sp³-hybridized carbons (Fsp3) is 0.130. The highest BCUT2D eigenvalue weighted by Gasteiger charge is 2.14. The van der Waals surface area contributed by atoms with Crippen molar-refractivity contribution in [2.45, 2.75) is 13.5 Å². The van der Waals surface area contributed by atoms with Crippen molar-refractivity contribution in [3.05, 3.63) is 77.9 Å². The molecule has 1 aromatic heterocycles. The first-order valence-electron chi connectivity index (χ1n) is 9.40. The Bertz CT molecular complexity index is 1260. The maximum Gasteiger partial charge on any atom is 0.338 e. The molecule has 0 aliphatic rings. The van der Waals surface area contributed by atoms with E-state index in [1.807, 2.05) is 36.4 Å². The number of nitrogens with one attached hydrogen (secondary N) is 1. The third kappa shape index (κ3) is 3.74. The molecule has 0 aliphatic heterocycles. The monoisotopic (exact) mass is 408 g/mol. The number of aromatic nitrogens is 1. The molecule has 0 atom stereocenters. The number of hydrogen-bond donors (Lipinski definition) is 1. The fourth-order valence-electron chi connectivity index (χ4n) is 3.56. The van der Waals surface area contributed by atoms with Gasteiger partial charge in [0.1, 0.15) is 11.6 Å². The molecule has 1 N–H and O–H groups in total. The topological polar surface area (TPSA) is 60.3 Å². The lowest BCUT2D eigenvalue weighted by atomic mass is 10.1. The van der Waals surface area contributed by atoms with Crippen LogP contribution in [0.25, 0.3) is 21.8 Å². The number of esters is 1. The molecule has 0 radical (unpaired) electrons. The summed E-state index contributed by atoms with van der Waals surface area (Å²) in [5, 5.41) is 4.75. The van der Waals surface area contributed by atoms with Crippen molar-refractivity contribution in [2.75, 3.05) is 11.9 Å². The molecular formula is C23H18F2N2O3. The molecule has 30 heavy (non-hydrogen) atoms. The predicted molar refractivity (Wildman–Crippen MR) is 110 cm³/mol. The lowest BCUT2D eigenvalue weighted by Crippen LogP contribution is -2.21. The number of fused-ring (bicyclic) bond motifs is 3. The molecule has 0 saturated heterocycles. The maximum atomic E-state index is 13.2. The van der Waals surface area contributed by atoms with Crippen molar-refractivity contribution >= 4 is 39.4 Å². The van der Waals surface area contributed by atoms with Crippen molar-refractivity contribution in [1.29, 1.82) is 0 Å². The highest BCUT2D eigenvalue weighted by molar-refractivity contribution is 6.10. The zero-order valence-corrected chi connectivity index (χ0v) is 16.1. The Morgan fingerprint density at radius 3 is 2.37 bits per heavy atom. The number of benzene rings is 3. The van der Waals surface area contributed by atoms with Crippen LogP contribution in [0.5, 0.6) is 0 Å². The summed E-state index contributed by atoms with van der Waals surface area (Å²) >= 11 is 0. The molecule has 1 heterocycles. The molecule has 0 aliphatic carbocycles. The number of amides is 1. The molecule has 0 fully saturated rings. The Kier molecular flexibility index (Phi) is 5.18. The minimum absolute atomic E-state index is 0.297. The van der Waals surface area contributed by atoms with Gasteiger partial charge in [-0.05, 0) is 43.3 Å². The molecule has 0 spiro atoms. The number of hydrogen-bond acceptors (Lipinski definition) is 3. The van der Waals surface area contributed by atoms with E-state index in [2.05, 4.69) is 16.8 Å². The van der Waals surface area contributed by atoms with E-state index in [0.29, 0.717) is 11.8 Å². The second kappa shape index (κ2) is 7.94. The van der Waals surface area contributed by atoms with E-state index in [9.17, 15) is 18.4 Å². The SMILES string of the molecule is CCn1c2ccccc2c2cc(NC(=O)COC(=O)c3cc(F)cc(F)c3)ccc21. The highest BCUT2D eigenvalue weighted by Crippen LogP contribution is 2.30. The molecule has 3 aromatic carbocycles. The maximum absolute atomic E-state index is 13.2. The molecule has 4 rings (SSSR count). The molecule has 0 bridgehead atoms. The van der Waals surface area contributed by atoms with Gasteiger partial charge < -0.3 is 14.6 Å². The van der Waals surface area contributed by atoms with E-state index in [-0.39, 0.29) is 5.56 Å². The Labute approximate surface area is 170 Å². The average molecular weight is 408 g/mol. The number of halogens is 2. The van der Waals surface area contributed by atoms with Crippen LogP contribution in [0.3, 0.4) is 0 Å². The smallest absolute Gasteiger partial charge is 0.338 e. The summed E-state index contributed by atoms with van der Waals surface area (Å²) in [4.78, 5) is 24.1. The van der Waals surface area contributed by atoms with Gasteiger partial charge in [0.2, 0.25) is 0 Å². The Hall–Kier alpha value is -3.74. The van der Waals surface area contributed by atoms with Gasteiger partial charge in [-0.25, -0.2) is 13.6 Å². The van der Waals surface area contributed by atoms with Crippen molar-refractivity contribution in [2.24, 2.45) is 0 Å². The molecule has 0 unspecified atom stereocenters. The van der Waals surface area contributed by atoms with Crippen LogP contribution < -0.4 is 5.32 Å². The van der Waals surface area contributed by atoms with E-state index < -0.39 is 30.1 Å². The molecule has 1 amide bonds. The fourth-order valence-corrected chi connectivity index (χ4v) is 3.56. The number of para-hydroxylation sites is 1. The number of nitrogens with zero attached hydrogens (tertiary/aromatic N) is 1. The summed E-state index contributed by atoms with van der Waals surface area (Å²) in [5.41, 5.74) is 2.42. The van der Waals surface area contributed by atoms with Gasteiger partial charge in [-0.1, -0.05) is 18.2 Å². The standard InChI is InChI=1S/C23H18F2N2O3/c1-2-27-20-6-4-3-5-18(20)19-12-17(7-8-21(19)27)26-22(28)13-30-23(29)14-9-15(24)11-16(25)10-14/h3-12H,2,13H2,1H3,(H,26,28). The summed E-state index contributed by atoms with van der Waals surface area (Å²) in [6.45, 7) is 2.30. The van der Waals surface area contributed by atoms with Gasteiger partial charge in [-0.15, -0.1) is 0 Å². The largest absolute Gasteiger partial charge is 0.452 e. The number of carbonyl (C=O) groups excluding carboxylic acids is 2. The molecule has 5 nitrogen and oxygen atoms in total. The zero-order chi connectivity index (χ0) is 21.3. The molecule has 4 aromatic rings. The van der Waals surface area contributed by atoms with Gasteiger partial charge >= 0.3 is 5.97 Å². The van der Waals surface area contributed by atoms with Crippen LogP contribution in [0.15, 0.2) is 60.7 Å². The average Bonchev–Trinajstić information content (AvgIpc) is 3.04. The van der Waals surface area contributed by atoms with Gasteiger partial charge in [-0.2, -0.15) is 0 Å². The van der Waals surface area contributed by atoms with Gasteiger partial charge in [0.25, 0.3) is 5.91 Å². The Morgan fingerprint density at radius 2 is 1.63 bits per heavy atom. The predicted octanol–water partition coefficient (Wildman–Crippen LogP) is 4.89. The summed E-state index contributed by atoms with van der Waals surface area (Å²) in [6, 6.07) is 15.9. The highest BCUT2D eigenvalue weighted by atomic mass is 19.1. The third-order valence-electron chi connectivity index (χ3n) is 4.80. The summed E-state index contributed by atoms with van der Waals surface area (Å²) in [7, 11) is 0. The Morgan fingerprint density at radius 1 is 0.933 bits per heavy atom. The Balaban J connectivity index is 1.49. The van der Waals surface area contributed by atoms with E-state index in [0.717, 1.165) is 40.5 Å². The van der Waals surface area contributed by atoms with Crippen molar-refractivity contribution in [3.63, 3.8) is 0 Å². The normalized spacial score (nSPS) is 11.0. The number of ether oxygens (including phenoxy) is 1. The number of aryl methyl sites for hydroxylation is 1. The summed E-state index contributed by atoms with van der Waals surface area (Å²) < 4.78 is 33.5. The van der Waals surface area contributed by atoms with Crippen molar-refractivity contribution in [3.8, 4) is 0 Å². The third-order valence-corrected chi connectivity index (χ3v) is 4.80. The van der Waals surface area contributed by atoms with E-state index in [1.165, 1.54) is 0 Å². The first kappa shape index (κ1) is 19.6. The molecule has 0 saturated carbocycles. The van der Waals surface area contributed by atoms with Crippen molar-refractivity contribution in [1.82, 2.24) is 4.57 Å². The van der Waals surface area contributed by atoms with E-state index >= 15 is 0 Å². The van der Waals surface area contributed by atoms with Crippen LogP contribution >= 0.6 is 0 Å². The van der Waals surface area contributed by atoms with Crippen molar-refractivity contribution < 1.29 is 23.1 Å². The van der Waals surface area contributed by atoms with Gasteiger partial charge in [0, 0.05) is 40.1 Å². The molecular weight excluding hydrogens is 390 g/mol. The lowest BCUT2D eigenvalue weighted by molar-refractivity contribution is -0.119. The second-order valence-corrected chi connectivity index (χ2v) is 6.78. The number of carbonyl (C=O) groups is 2. The van der Waals surface area contributed by atoms with Crippen LogP contribution in [0.1, 0.15) is 17.3 Å². The first-order valence-corrected chi connectivity index (χ1v) is 9.40. The number of rotatable bonds is 5. The van der Waals surface area contributed by atoms with Crippen LogP contribution in [0, 0.1) is 11.6 Å². The van der Waals surface area contributed by atoms with Gasteiger partial charge in [-0.3, -0.25) is 4.79 Å². The van der Waals surface area contributed by atoms with Crippen LogP contribution in [-0.2, 0) is 16.1 Å². The van der Waals surface area contributed by atoms with Crippen LogP contribution in [-0.4, -0.2) is 23.1 Å². The number of anilines is 1. The summed E-state index contributed by atoms with van der Waals surface area (Å²) in [6.07, 6.45) is 0. The quantitative estimate of drug-likeness (QED) is 0.479. The van der Waals surface area contributed by atoms with Crippen LogP contribution in [0.2, 0.25) is 0 Å². The second-order valence-electron chi connectivity index (χ2n) is 6.78. The lowest BCUT2D eigenvalue weighted by Gasteiger charge is -2.08. The summed E-state index contributed by atoms with van der Waals surface area (Å²) in [5.74, 6) is -3.33. The van der Waals surface area contributed by atoms with Gasteiger partial charge in [0.05, 0.1) is 5.56 Å².